The Kier molecular flexibility index (Phi) is 7.24. The van der Waals surface area contributed by atoms with Gasteiger partial charge in [-0.25, -0.2) is 4.79 Å². The fraction of sp³-hybridized carbons (Fsp3) is 0.636. The minimum Gasteiger partial charge on any atom is -0.444 e. The molecule has 176 valence electrons. The van der Waals surface area contributed by atoms with Crippen LogP contribution in [0.2, 0.25) is 19.1 Å². The van der Waals surface area contributed by atoms with E-state index in [0.717, 1.165) is 25.3 Å². The van der Waals surface area contributed by atoms with E-state index in [1.54, 1.807) is 29.0 Å². The summed E-state index contributed by atoms with van der Waals surface area (Å²) in [6.07, 6.45) is 3.48. The van der Waals surface area contributed by atoms with E-state index < -0.39 is 25.1 Å². The first-order valence-electron chi connectivity index (χ1n) is 11.2. The predicted octanol–water partition coefficient (Wildman–Crippen LogP) is 4.28. The molecule has 0 bridgehead atoms. The third kappa shape index (κ3) is 4.96. The number of nitrogens with zero attached hydrogens (tertiary/aromatic N) is 3. The first kappa shape index (κ1) is 24.2. The Hall–Kier alpha value is -2.46. The summed E-state index contributed by atoms with van der Waals surface area (Å²) in [5, 5.41) is 10.8. The van der Waals surface area contributed by atoms with E-state index in [2.05, 4.69) is 20.0 Å². The molecule has 1 aromatic rings. The highest BCUT2D eigenvalue weighted by Crippen LogP contribution is 2.44. The van der Waals surface area contributed by atoms with Gasteiger partial charge in [-0.2, -0.15) is 0 Å². The van der Waals surface area contributed by atoms with Crippen molar-refractivity contribution >= 4 is 26.0 Å². The summed E-state index contributed by atoms with van der Waals surface area (Å²) in [7, 11) is -0.337. The zero-order valence-electron chi connectivity index (χ0n) is 19.3. The normalized spacial score (nSPS) is 23.2. The lowest BCUT2D eigenvalue weighted by molar-refractivity contribution is -0.384. The summed E-state index contributed by atoms with van der Waals surface area (Å²) in [4.78, 5) is 38.9. The Bertz CT molecular complexity index is 862. The van der Waals surface area contributed by atoms with Crippen LogP contribution in [0.4, 0.5) is 10.5 Å². The van der Waals surface area contributed by atoms with Gasteiger partial charge in [0.1, 0.15) is 6.61 Å². The fourth-order valence-corrected chi connectivity index (χ4v) is 7.23. The summed E-state index contributed by atoms with van der Waals surface area (Å²) >= 11 is 0. The van der Waals surface area contributed by atoms with Gasteiger partial charge in [0.25, 0.3) is 5.69 Å². The van der Waals surface area contributed by atoms with Gasteiger partial charge in [-0.15, -0.1) is 0 Å². The molecule has 0 aromatic heterocycles. The Balaban J connectivity index is 1.76. The number of rotatable bonds is 9. The van der Waals surface area contributed by atoms with Crippen LogP contribution in [0.3, 0.4) is 0 Å². The molecule has 2 saturated heterocycles. The van der Waals surface area contributed by atoms with Crippen molar-refractivity contribution in [3.8, 4) is 0 Å². The number of carbonyl (C=O) groups is 2. The van der Waals surface area contributed by atoms with Gasteiger partial charge in [-0.05, 0) is 49.7 Å². The maximum absolute atomic E-state index is 13.2. The lowest BCUT2D eigenvalue weighted by Gasteiger charge is -2.54. The third-order valence-electron chi connectivity index (χ3n) is 6.44. The second kappa shape index (κ2) is 9.58. The number of non-ortho nitro benzene ring substituents is 1. The van der Waals surface area contributed by atoms with Crippen LogP contribution < -0.4 is 0 Å². The second-order valence-electron chi connectivity index (χ2n) is 9.27. The van der Waals surface area contributed by atoms with Gasteiger partial charge in [0.15, 0.2) is 14.0 Å². The molecule has 0 saturated carbocycles. The van der Waals surface area contributed by atoms with Crippen molar-refractivity contribution in [2.45, 2.75) is 76.5 Å². The van der Waals surface area contributed by atoms with Crippen LogP contribution in [0.5, 0.6) is 0 Å². The second-order valence-corrected chi connectivity index (χ2v) is 13.5. The highest BCUT2D eigenvalue weighted by Gasteiger charge is 2.59. The van der Waals surface area contributed by atoms with E-state index in [0.29, 0.717) is 24.9 Å². The van der Waals surface area contributed by atoms with Crippen molar-refractivity contribution in [2.24, 2.45) is 0 Å². The number of hydrogen-bond donors (Lipinski definition) is 0. The van der Waals surface area contributed by atoms with Crippen LogP contribution in [0.25, 0.3) is 0 Å². The van der Waals surface area contributed by atoms with Gasteiger partial charge < -0.3 is 14.1 Å². The molecule has 0 spiro atoms. The molecule has 2 unspecified atom stereocenters. The average molecular weight is 464 g/mol. The lowest BCUT2D eigenvalue weighted by Crippen LogP contribution is -2.70. The van der Waals surface area contributed by atoms with E-state index in [1.807, 2.05) is 0 Å². The zero-order chi connectivity index (χ0) is 23.5. The first-order chi connectivity index (χ1) is 15.1. The molecule has 10 heteroatoms. The predicted molar refractivity (Wildman–Crippen MR) is 121 cm³/mol. The van der Waals surface area contributed by atoms with Gasteiger partial charge in [0.2, 0.25) is 5.91 Å². The number of unbranched alkanes of at least 4 members (excludes halogenated alkanes) is 1. The van der Waals surface area contributed by atoms with Crippen molar-refractivity contribution in [3.05, 3.63) is 39.9 Å². The number of carbonyl (C=O) groups excluding carboxylic acids is 2. The van der Waals surface area contributed by atoms with Gasteiger partial charge in [0, 0.05) is 25.7 Å². The van der Waals surface area contributed by atoms with E-state index >= 15 is 0 Å². The zero-order valence-corrected chi connectivity index (χ0v) is 20.3. The summed E-state index contributed by atoms with van der Waals surface area (Å²) in [5.74, 6) is 0.0529. The molecular weight excluding hydrogens is 430 g/mol. The monoisotopic (exact) mass is 463 g/mol. The molecule has 0 aliphatic carbocycles. The molecule has 9 nitrogen and oxygen atoms in total. The first-order valence-corrected chi connectivity index (χ1v) is 14.3. The Morgan fingerprint density at radius 3 is 2.56 bits per heavy atom. The molecule has 2 aliphatic heterocycles. The van der Waals surface area contributed by atoms with Crippen LogP contribution in [-0.4, -0.2) is 60.4 Å². The van der Waals surface area contributed by atoms with Crippen LogP contribution in [0, 0.1) is 10.1 Å². The maximum Gasteiger partial charge on any atom is 0.412 e. The van der Waals surface area contributed by atoms with Gasteiger partial charge in [-0.3, -0.25) is 19.8 Å². The van der Waals surface area contributed by atoms with Crippen molar-refractivity contribution in [1.82, 2.24) is 9.80 Å². The van der Waals surface area contributed by atoms with Crippen LogP contribution in [0.1, 0.15) is 44.6 Å². The number of likely N-dealkylation sites (tertiary alicyclic amines) is 2. The van der Waals surface area contributed by atoms with Gasteiger partial charge in [0.05, 0.1) is 17.4 Å². The number of likely N-dealkylation sites (N-methyl/N-ethyl adjacent to an activating group) is 1. The highest BCUT2D eigenvalue weighted by molar-refractivity contribution is 6.71. The molecule has 1 aromatic carbocycles. The summed E-state index contributed by atoms with van der Waals surface area (Å²) in [6, 6.07) is 6.75. The molecule has 0 radical (unpaired) electrons. The Morgan fingerprint density at radius 2 is 2.00 bits per heavy atom. The lowest BCUT2D eigenvalue weighted by atomic mass is 9.89. The van der Waals surface area contributed by atoms with Crippen LogP contribution in [0.15, 0.2) is 24.3 Å². The van der Waals surface area contributed by atoms with Gasteiger partial charge >= 0.3 is 6.09 Å². The molecule has 2 atom stereocenters. The van der Waals surface area contributed by atoms with E-state index in [-0.39, 0.29) is 24.2 Å². The number of nitro benzene ring substituents is 1. The fourth-order valence-electron chi connectivity index (χ4n) is 4.62. The summed E-state index contributed by atoms with van der Waals surface area (Å²) in [6.45, 7) is 7.01. The minimum atomic E-state index is -2.10. The molecule has 0 N–H and O–H groups in total. The summed E-state index contributed by atoms with van der Waals surface area (Å²) < 4.78 is 12.4. The van der Waals surface area contributed by atoms with E-state index in [4.69, 9.17) is 9.16 Å². The van der Waals surface area contributed by atoms with E-state index in [9.17, 15) is 19.7 Å². The molecule has 2 amide bonds. The number of nitro groups is 1. The SMILES string of the molecule is CCCC[Si](C)(C)OC1(C2CC(=O)N2C)CCCN1C(=O)OCc1ccc([N+](=O)[O-])cc1. The van der Waals surface area contributed by atoms with Crippen LogP contribution >= 0.6 is 0 Å². The molecule has 2 heterocycles. The number of hydrogen-bond acceptors (Lipinski definition) is 6. The molecule has 3 rings (SSSR count). The molecule has 2 aliphatic rings. The number of benzene rings is 1. The average Bonchev–Trinajstić information content (AvgIpc) is 3.17. The third-order valence-corrected chi connectivity index (χ3v) is 8.90. The molecular formula is C22H33N3O6Si. The van der Waals surface area contributed by atoms with E-state index in [1.165, 1.54) is 12.1 Å². The van der Waals surface area contributed by atoms with Crippen molar-refractivity contribution in [1.29, 1.82) is 0 Å². The standard InChI is InChI=1S/C22H33N3O6Si/c1-5-6-14-32(3,4)31-22(19-15-20(26)23(19)2)12-7-13-24(22)21(27)30-16-17-8-10-18(11-9-17)25(28)29/h8-11,19H,5-7,12-16H2,1-4H3. The maximum atomic E-state index is 13.2. The minimum absolute atomic E-state index is 0.0102. The largest absolute Gasteiger partial charge is 0.444 e. The molecule has 2 fully saturated rings. The van der Waals surface area contributed by atoms with Gasteiger partial charge in [-0.1, -0.05) is 19.8 Å². The smallest absolute Gasteiger partial charge is 0.412 e. The number of β-lactam (4-membered cyclic amide) rings is 1. The highest BCUT2D eigenvalue weighted by atomic mass is 28.4. The van der Waals surface area contributed by atoms with Crippen molar-refractivity contribution < 1.29 is 23.7 Å². The topological polar surface area (TPSA) is 102 Å². The number of amides is 2. The summed E-state index contributed by atoms with van der Waals surface area (Å²) in [5.41, 5.74) is -0.203. The Labute approximate surface area is 189 Å². The van der Waals surface area contributed by atoms with Crippen molar-refractivity contribution in [3.63, 3.8) is 0 Å². The molecule has 32 heavy (non-hydrogen) atoms. The van der Waals surface area contributed by atoms with Crippen molar-refractivity contribution in [2.75, 3.05) is 13.6 Å². The quantitative estimate of drug-likeness (QED) is 0.234. The van der Waals surface area contributed by atoms with Crippen LogP contribution in [-0.2, 0) is 20.6 Å². The number of ether oxygens (including phenoxy) is 1. The Morgan fingerprint density at radius 1 is 1.31 bits per heavy atom.